The maximum Gasteiger partial charge on any atom is 0.194 e. The third-order valence-corrected chi connectivity index (χ3v) is 3.12. The second-order valence-corrected chi connectivity index (χ2v) is 4.69. The minimum atomic E-state index is -1.54. The molecule has 1 atom stereocenters. The Morgan fingerprint density at radius 1 is 1.05 bits per heavy atom. The lowest BCUT2D eigenvalue weighted by Crippen LogP contribution is -2.33. The van der Waals surface area contributed by atoms with Gasteiger partial charge in [-0.1, -0.05) is 17.7 Å². The van der Waals surface area contributed by atoms with Crippen molar-refractivity contribution in [2.45, 2.75) is 6.04 Å². The van der Waals surface area contributed by atoms with Gasteiger partial charge in [0.2, 0.25) is 0 Å². The Kier molecular flexibility index (Phi) is 5.06. The first-order valence-electron chi connectivity index (χ1n) is 6.01. The van der Waals surface area contributed by atoms with Crippen molar-refractivity contribution in [1.29, 1.82) is 0 Å². The van der Waals surface area contributed by atoms with Crippen LogP contribution in [-0.2, 0) is 0 Å². The highest BCUT2D eigenvalue weighted by molar-refractivity contribution is 6.30. The van der Waals surface area contributed by atoms with Gasteiger partial charge >= 0.3 is 0 Å². The minimum Gasteiger partial charge on any atom is -0.492 e. The number of nitrogens with two attached hydrogens (primary N) is 1. The van der Waals surface area contributed by atoms with E-state index in [1.54, 1.807) is 24.3 Å². The zero-order chi connectivity index (χ0) is 15.4. The van der Waals surface area contributed by atoms with E-state index in [1.165, 1.54) is 0 Å². The highest BCUT2D eigenvalue weighted by atomic mass is 35.5. The van der Waals surface area contributed by atoms with Gasteiger partial charge in [-0.05, 0) is 30.3 Å². The Balaban J connectivity index is 2.13. The quantitative estimate of drug-likeness (QED) is 0.505. The van der Waals surface area contributed by atoms with E-state index in [2.05, 4.69) is 5.43 Å². The molecule has 112 valence electrons. The predicted octanol–water partition coefficient (Wildman–Crippen LogP) is 3.34. The molecule has 0 saturated heterocycles. The van der Waals surface area contributed by atoms with Crippen LogP contribution in [0.4, 0.5) is 13.2 Å². The highest BCUT2D eigenvalue weighted by Crippen LogP contribution is 2.23. The van der Waals surface area contributed by atoms with E-state index in [0.29, 0.717) is 10.8 Å². The molecule has 3 nitrogen and oxygen atoms in total. The summed E-state index contributed by atoms with van der Waals surface area (Å²) in [5.74, 6) is 1.71. The monoisotopic (exact) mass is 316 g/mol. The first-order chi connectivity index (χ1) is 10.0. The topological polar surface area (TPSA) is 47.3 Å². The van der Waals surface area contributed by atoms with Crippen molar-refractivity contribution >= 4 is 11.6 Å². The molecule has 0 heterocycles. The van der Waals surface area contributed by atoms with Gasteiger partial charge in [-0.15, -0.1) is 0 Å². The van der Waals surface area contributed by atoms with Crippen LogP contribution < -0.4 is 16.0 Å². The van der Waals surface area contributed by atoms with Crippen LogP contribution in [0, 0.1) is 17.5 Å². The highest BCUT2D eigenvalue weighted by Gasteiger charge is 2.20. The number of hydrogen-bond acceptors (Lipinski definition) is 3. The van der Waals surface area contributed by atoms with Crippen LogP contribution in [0.15, 0.2) is 36.4 Å². The molecule has 2 aromatic carbocycles. The SMILES string of the molecule is NNC(COc1ccc(Cl)cc1)c1ccc(F)c(F)c1F. The van der Waals surface area contributed by atoms with Crippen LogP contribution in [-0.4, -0.2) is 6.61 Å². The van der Waals surface area contributed by atoms with Gasteiger partial charge < -0.3 is 4.74 Å². The summed E-state index contributed by atoms with van der Waals surface area (Å²) in [6, 6.07) is 7.61. The average Bonchev–Trinajstić information content (AvgIpc) is 2.49. The molecule has 0 aliphatic heterocycles. The second-order valence-electron chi connectivity index (χ2n) is 4.25. The second kappa shape index (κ2) is 6.80. The van der Waals surface area contributed by atoms with E-state index in [-0.39, 0.29) is 12.2 Å². The average molecular weight is 317 g/mol. The summed E-state index contributed by atoms with van der Waals surface area (Å²) in [5.41, 5.74) is 2.19. The predicted molar refractivity (Wildman–Crippen MR) is 73.3 cm³/mol. The fourth-order valence-electron chi connectivity index (χ4n) is 1.75. The van der Waals surface area contributed by atoms with Crippen molar-refractivity contribution in [3.8, 4) is 5.75 Å². The molecule has 0 aliphatic rings. The lowest BCUT2D eigenvalue weighted by Gasteiger charge is -2.18. The molecule has 7 heteroatoms. The molecular weight excluding hydrogens is 305 g/mol. The molecule has 2 aromatic rings. The molecule has 0 spiro atoms. The molecule has 0 radical (unpaired) electrons. The van der Waals surface area contributed by atoms with Crippen LogP contribution in [0.5, 0.6) is 5.75 Å². The Morgan fingerprint density at radius 2 is 1.71 bits per heavy atom. The summed E-state index contributed by atoms with van der Waals surface area (Å²) in [6.07, 6.45) is 0. The zero-order valence-electron chi connectivity index (χ0n) is 10.7. The lowest BCUT2D eigenvalue weighted by atomic mass is 10.1. The number of nitrogens with one attached hydrogen (secondary N) is 1. The zero-order valence-corrected chi connectivity index (χ0v) is 11.5. The van der Waals surface area contributed by atoms with E-state index in [4.69, 9.17) is 22.2 Å². The van der Waals surface area contributed by atoms with Crippen molar-refractivity contribution in [2.75, 3.05) is 6.61 Å². The Hall–Kier alpha value is -1.76. The maximum absolute atomic E-state index is 13.7. The van der Waals surface area contributed by atoms with Gasteiger partial charge in [-0.3, -0.25) is 5.84 Å². The smallest absolute Gasteiger partial charge is 0.194 e. The molecule has 0 amide bonds. The first-order valence-corrected chi connectivity index (χ1v) is 6.38. The molecule has 21 heavy (non-hydrogen) atoms. The molecule has 1 unspecified atom stereocenters. The summed E-state index contributed by atoms with van der Waals surface area (Å²) in [7, 11) is 0. The molecule has 0 aliphatic carbocycles. The molecule has 0 aromatic heterocycles. The standard InChI is InChI=1S/C14H12ClF3N2O/c15-8-1-3-9(4-2-8)21-7-12(20-19)10-5-6-11(16)14(18)13(10)17/h1-6,12,20H,7,19H2. The van der Waals surface area contributed by atoms with Gasteiger partial charge in [0.15, 0.2) is 17.5 Å². The van der Waals surface area contributed by atoms with Gasteiger partial charge in [-0.2, -0.15) is 0 Å². The van der Waals surface area contributed by atoms with Crippen LogP contribution >= 0.6 is 11.6 Å². The minimum absolute atomic E-state index is 0.0693. The number of hydrazine groups is 1. The Morgan fingerprint density at radius 3 is 2.33 bits per heavy atom. The molecule has 3 N–H and O–H groups in total. The molecule has 0 saturated carbocycles. The van der Waals surface area contributed by atoms with Gasteiger partial charge in [0, 0.05) is 10.6 Å². The van der Waals surface area contributed by atoms with Crippen LogP contribution in [0.25, 0.3) is 0 Å². The summed E-state index contributed by atoms with van der Waals surface area (Å²) >= 11 is 5.74. The number of ether oxygens (including phenoxy) is 1. The molecular formula is C14H12ClF3N2O. The maximum atomic E-state index is 13.7. The number of benzene rings is 2. The van der Waals surface area contributed by atoms with Gasteiger partial charge in [-0.25, -0.2) is 18.6 Å². The Bertz CT molecular complexity index is 622. The number of halogens is 4. The third-order valence-electron chi connectivity index (χ3n) is 2.87. The summed E-state index contributed by atoms with van der Waals surface area (Å²) < 4.78 is 45.2. The summed E-state index contributed by atoms with van der Waals surface area (Å²) in [4.78, 5) is 0. The van der Waals surface area contributed by atoms with E-state index < -0.39 is 23.5 Å². The number of hydrogen-bond donors (Lipinski definition) is 2. The molecule has 0 bridgehead atoms. The normalized spacial score (nSPS) is 12.2. The van der Waals surface area contributed by atoms with Gasteiger partial charge in [0.1, 0.15) is 12.4 Å². The third kappa shape index (κ3) is 3.66. The molecule has 2 rings (SSSR count). The summed E-state index contributed by atoms with van der Waals surface area (Å²) in [5, 5.41) is 0.544. The van der Waals surface area contributed by atoms with Crippen LogP contribution in [0.1, 0.15) is 11.6 Å². The van der Waals surface area contributed by atoms with Crippen molar-refractivity contribution in [3.63, 3.8) is 0 Å². The van der Waals surface area contributed by atoms with E-state index >= 15 is 0 Å². The van der Waals surface area contributed by atoms with Gasteiger partial charge in [0.25, 0.3) is 0 Å². The van der Waals surface area contributed by atoms with E-state index in [1.807, 2.05) is 0 Å². The van der Waals surface area contributed by atoms with Crippen LogP contribution in [0.3, 0.4) is 0 Å². The summed E-state index contributed by atoms with van der Waals surface area (Å²) in [6.45, 7) is -0.0693. The van der Waals surface area contributed by atoms with E-state index in [0.717, 1.165) is 12.1 Å². The fraction of sp³-hybridized carbons (Fsp3) is 0.143. The Labute approximate surface area is 124 Å². The largest absolute Gasteiger partial charge is 0.492 e. The first kappa shape index (κ1) is 15.6. The lowest BCUT2D eigenvalue weighted by molar-refractivity contribution is 0.262. The van der Waals surface area contributed by atoms with Crippen molar-refractivity contribution in [1.82, 2.24) is 5.43 Å². The van der Waals surface area contributed by atoms with Crippen molar-refractivity contribution < 1.29 is 17.9 Å². The number of rotatable bonds is 5. The van der Waals surface area contributed by atoms with Crippen LogP contribution in [0.2, 0.25) is 5.02 Å². The van der Waals surface area contributed by atoms with Crippen molar-refractivity contribution in [3.05, 3.63) is 64.4 Å². The fourth-order valence-corrected chi connectivity index (χ4v) is 1.87. The van der Waals surface area contributed by atoms with Gasteiger partial charge in [0.05, 0.1) is 6.04 Å². The molecule has 0 fully saturated rings. The van der Waals surface area contributed by atoms with Crippen molar-refractivity contribution in [2.24, 2.45) is 5.84 Å². The van der Waals surface area contributed by atoms with E-state index in [9.17, 15) is 13.2 Å².